The molecule has 8 nitrogen and oxygen atoms in total. The predicted octanol–water partition coefficient (Wildman–Crippen LogP) is 3.92. The van der Waals surface area contributed by atoms with Crippen molar-refractivity contribution in [1.29, 1.82) is 0 Å². The molecule has 0 fully saturated rings. The van der Waals surface area contributed by atoms with Crippen LogP contribution in [0, 0.1) is 6.92 Å². The monoisotopic (exact) mass is 419 g/mol. The molecule has 2 aromatic carbocycles. The Morgan fingerprint density at radius 1 is 1.16 bits per heavy atom. The maximum Gasteiger partial charge on any atom is 0.255 e. The number of hydrogen-bond acceptors (Lipinski definition) is 6. The molecule has 0 radical (unpaired) electrons. The third-order valence-corrected chi connectivity index (χ3v) is 5.15. The number of rotatable bonds is 6. The topological polar surface area (TPSA) is 90.3 Å². The molecule has 2 heterocycles. The van der Waals surface area contributed by atoms with Crippen molar-refractivity contribution in [3.8, 4) is 11.5 Å². The normalized spacial score (nSPS) is 15.2. The lowest BCUT2D eigenvalue weighted by Gasteiger charge is -2.29. The Balaban J connectivity index is 1.77. The Morgan fingerprint density at radius 3 is 2.65 bits per heavy atom. The van der Waals surface area contributed by atoms with Gasteiger partial charge in [0.2, 0.25) is 5.95 Å². The highest BCUT2D eigenvalue weighted by Gasteiger charge is 2.34. The Kier molecular flexibility index (Phi) is 5.62. The zero-order chi connectivity index (χ0) is 22.0. The van der Waals surface area contributed by atoms with E-state index in [9.17, 15) is 4.79 Å². The lowest BCUT2D eigenvalue weighted by molar-refractivity contribution is -0.113. The van der Waals surface area contributed by atoms with E-state index in [4.69, 9.17) is 9.47 Å². The summed E-state index contributed by atoms with van der Waals surface area (Å²) >= 11 is 0. The number of nitrogens with zero attached hydrogens (tertiary/aromatic N) is 3. The van der Waals surface area contributed by atoms with Crippen LogP contribution in [0.15, 0.2) is 60.1 Å². The zero-order valence-electron chi connectivity index (χ0n) is 18.0. The van der Waals surface area contributed by atoms with E-state index in [-0.39, 0.29) is 5.91 Å². The molecule has 3 aromatic rings. The first-order valence-electron chi connectivity index (χ1n) is 10.1. The number of amides is 1. The average molecular weight is 419 g/mol. The predicted molar refractivity (Wildman–Crippen MR) is 118 cm³/mol. The van der Waals surface area contributed by atoms with Gasteiger partial charge >= 0.3 is 0 Å². The fourth-order valence-corrected chi connectivity index (χ4v) is 3.66. The van der Waals surface area contributed by atoms with Crippen molar-refractivity contribution >= 4 is 17.5 Å². The molecule has 0 spiro atoms. The van der Waals surface area contributed by atoms with E-state index in [1.54, 1.807) is 11.8 Å². The fourth-order valence-electron chi connectivity index (χ4n) is 3.66. The van der Waals surface area contributed by atoms with Crippen LogP contribution in [0.3, 0.4) is 0 Å². The van der Waals surface area contributed by atoms with Crippen molar-refractivity contribution in [2.24, 2.45) is 0 Å². The van der Waals surface area contributed by atoms with Gasteiger partial charge in [0.05, 0.1) is 19.3 Å². The molecule has 0 saturated carbocycles. The molecule has 1 atom stereocenters. The van der Waals surface area contributed by atoms with Crippen LogP contribution in [0.4, 0.5) is 11.6 Å². The van der Waals surface area contributed by atoms with Gasteiger partial charge in [-0.15, -0.1) is 0 Å². The van der Waals surface area contributed by atoms with Crippen molar-refractivity contribution in [2.75, 3.05) is 24.4 Å². The number of fused-ring (bicyclic) bond motifs is 1. The second-order valence-corrected chi connectivity index (χ2v) is 7.26. The molecule has 1 aliphatic heterocycles. The number of anilines is 2. The molecule has 1 unspecified atom stereocenters. The molecule has 1 aliphatic rings. The lowest BCUT2D eigenvalue weighted by Crippen LogP contribution is -2.31. The zero-order valence-corrected chi connectivity index (χ0v) is 18.0. The van der Waals surface area contributed by atoms with E-state index in [0.29, 0.717) is 35.3 Å². The van der Waals surface area contributed by atoms with Crippen molar-refractivity contribution in [3.63, 3.8) is 0 Å². The summed E-state index contributed by atoms with van der Waals surface area (Å²) in [6.07, 6.45) is 1.47. The molecule has 2 N–H and O–H groups in total. The number of carbonyl (C=O) groups is 1. The number of methoxy groups -OCH3 is 1. The van der Waals surface area contributed by atoms with Gasteiger partial charge in [-0.3, -0.25) is 4.79 Å². The van der Waals surface area contributed by atoms with Gasteiger partial charge in [-0.05, 0) is 50.6 Å². The van der Waals surface area contributed by atoms with Crippen molar-refractivity contribution < 1.29 is 14.3 Å². The number of aromatic nitrogens is 3. The van der Waals surface area contributed by atoms with E-state index in [1.807, 2.05) is 63.2 Å². The Bertz CT molecular complexity index is 1130. The van der Waals surface area contributed by atoms with E-state index in [1.165, 1.54) is 6.33 Å². The van der Waals surface area contributed by atoms with E-state index in [2.05, 4.69) is 20.7 Å². The van der Waals surface area contributed by atoms with E-state index < -0.39 is 6.04 Å². The van der Waals surface area contributed by atoms with Crippen LogP contribution in [-0.4, -0.2) is 34.4 Å². The molecule has 0 bridgehead atoms. The van der Waals surface area contributed by atoms with Crippen molar-refractivity contribution in [1.82, 2.24) is 14.8 Å². The molecule has 0 aliphatic carbocycles. The summed E-state index contributed by atoms with van der Waals surface area (Å²) in [5, 5.41) is 10.6. The highest BCUT2D eigenvalue weighted by molar-refractivity contribution is 6.06. The number of carbonyl (C=O) groups excluding carboxylic acids is 1. The third-order valence-electron chi connectivity index (χ3n) is 5.15. The highest BCUT2D eigenvalue weighted by atomic mass is 16.5. The van der Waals surface area contributed by atoms with Gasteiger partial charge in [-0.1, -0.05) is 23.8 Å². The number of ether oxygens (including phenoxy) is 2. The minimum absolute atomic E-state index is 0.214. The first kappa shape index (κ1) is 20.5. The first-order chi connectivity index (χ1) is 15.0. The second-order valence-electron chi connectivity index (χ2n) is 7.26. The number of hydrogen-bond donors (Lipinski definition) is 2. The summed E-state index contributed by atoms with van der Waals surface area (Å²) in [7, 11) is 1.60. The Labute approximate surface area is 180 Å². The first-order valence-corrected chi connectivity index (χ1v) is 10.1. The molecule has 4 rings (SSSR count). The molecule has 8 heteroatoms. The van der Waals surface area contributed by atoms with Crippen LogP contribution < -0.4 is 20.1 Å². The minimum atomic E-state index is -0.477. The quantitative estimate of drug-likeness (QED) is 0.629. The van der Waals surface area contributed by atoms with Crippen LogP contribution in [0.5, 0.6) is 11.5 Å². The van der Waals surface area contributed by atoms with Crippen molar-refractivity contribution in [2.45, 2.75) is 26.8 Å². The SMILES string of the molecule is CCOc1cc(C2C(C(=O)Nc3ccc(C)cc3)=C(C)Nc3ncnn32)ccc1OC. The maximum absolute atomic E-state index is 13.4. The van der Waals surface area contributed by atoms with Gasteiger partial charge in [-0.25, -0.2) is 4.68 Å². The average Bonchev–Trinajstić information content (AvgIpc) is 3.22. The van der Waals surface area contributed by atoms with Crippen LogP contribution in [-0.2, 0) is 4.79 Å². The number of allylic oxidation sites excluding steroid dienone is 1. The van der Waals surface area contributed by atoms with Gasteiger partial charge in [0, 0.05) is 11.4 Å². The van der Waals surface area contributed by atoms with Crippen molar-refractivity contribution in [3.05, 3.63) is 71.2 Å². The van der Waals surface area contributed by atoms with Gasteiger partial charge < -0.3 is 20.1 Å². The van der Waals surface area contributed by atoms with E-state index >= 15 is 0 Å². The molecular formula is C23H25N5O3. The van der Waals surface area contributed by atoms with Gasteiger partial charge in [0.1, 0.15) is 12.4 Å². The van der Waals surface area contributed by atoms with Gasteiger partial charge in [0.25, 0.3) is 5.91 Å². The summed E-state index contributed by atoms with van der Waals surface area (Å²) in [5.41, 5.74) is 3.95. The molecular weight excluding hydrogens is 394 g/mol. The van der Waals surface area contributed by atoms with Crippen LogP contribution >= 0.6 is 0 Å². The molecule has 1 aromatic heterocycles. The number of benzene rings is 2. The summed E-state index contributed by atoms with van der Waals surface area (Å²) < 4.78 is 12.9. The Hall–Kier alpha value is -3.81. The van der Waals surface area contributed by atoms with Gasteiger partial charge in [0.15, 0.2) is 11.5 Å². The largest absolute Gasteiger partial charge is 0.493 e. The molecule has 1 amide bonds. The fraction of sp³-hybridized carbons (Fsp3) is 0.261. The summed E-state index contributed by atoms with van der Waals surface area (Å²) in [5.74, 6) is 1.60. The standard InChI is InChI=1S/C23H25N5O3/c1-5-31-19-12-16(8-11-18(19)30-4)21-20(15(3)26-23-24-13-25-28(21)23)22(29)27-17-9-6-14(2)7-10-17/h6-13,21H,5H2,1-4H3,(H,27,29)(H,24,25,26). The van der Waals surface area contributed by atoms with E-state index in [0.717, 1.165) is 16.8 Å². The summed E-state index contributed by atoms with van der Waals surface area (Å²) in [6.45, 7) is 6.28. The molecule has 0 saturated heterocycles. The van der Waals surface area contributed by atoms with Crippen LogP contribution in [0.2, 0.25) is 0 Å². The van der Waals surface area contributed by atoms with Crippen LogP contribution in [0.1, 0.15) is 31.0 Å². The molecule has 31 heavy (non-hydrogen) atoms. The van der Waals surface area contributed by atoms with Crippen LogP contribution in [0.25, 0.3) is 0 Å². The number of nitrogens with one attached hydrogen (secondary N) is 2. The number of aryl methyl sites for hydroxylation is 1. The third kappa shape index (κ3) is 3.96. The lowest BCUT2D eigenvalue weighted by atomic mass is 9.94. The highest BCUT2D eigenvalue weighted by Crippen LogP contribution is 2.38. The van der Waals surface area contributed by atoms with Gasteiger partial charge in [-0.2, -0.15) is 10.1 Å². The maximum atomic E-state index is 13.4. The molecule has 160 valence electrons. The summed E-state index contributed by atoms with van der Waals surface area (Å²) in [6, 6.07) is 12.8. The minimum Gasteiger partial charge on any atom is -0.493 e. The Morgan fingerprint density at radius 2 is 1.94 bits per heavy atom. The smallest absolute Gasteiger partial charge is 0.255 e. The summed E-state index contributed by atoms with van der Waals surface area (Å²) in [4.78, 5) is 17.7. The second kappa shape index (κ2) is 8.51.